The first-order valence-corrected chi connectivity index (χ1v) is 7.64. The molecule has 1 aromatic rings. The Hall–Kier alpha value is -0.220. The Labute approximate surface area is 114 Å². The quantitative estimate of drug-likeness (QED) is 0.790. The van der Waals surface area contributed by atoms with Gasteiger partial charge >= 0.3 is 0 Å². The fraction of sp³-hybridized carbons (Fsp3) is 0.538. The number of hydrogen-bond donors (Lipinski definition) is 1. The Morgan fingerprint density at radius 1 is 1.41 bits per heavy atom. The third-order valence-electron chi connectivity index (χ3n) is 3.23. The van der Waals surface area contributed by atoms with Crippen molar-refractivity contribution in [2.24, 2.45) is 5.92 Å². The van der Waals surface area contributed by atoms with Crippen LogP contribution in [0.2, 0.25) is 0 Å². The Bertz CT molecular complexity index is 411. The number of hydrogen-bond acceptors (Lipinski definition) is 2. The molecule has 1 aliphatic rings. The van der Waals surface area contributed by atoms with Crippen molar-refractivity contribution < 1.29 is 4.39 Å². The lowest BCUT2D eigenvalue weighted by Crippen LogP contribution is -2.15. The molecule has 2 rings (SSSR count). The summed E-state index contributed by atoms with van der Waals surface area (Å²) in [6.45, 7) is 2.30. The van der Waals surface area contributed by atoms with Crippen molar-refractivity contribution in [3.8, 4) is 0 Å². The Morgan fingerprint density at radius 3 is 2.88 bits per heavy atom. The van der Waals surface area contributed by atoms with Crippen LogP contribution in [0.4, 0.5) is 10.1 Å². The predicted octanol–water partition coefficient (Wildman–Crippen LogP) is 4.84. The van der Waals surface area contributed by atoms with Crippen LogP contribution in [0.1, 0.15) is 32.6 Å². The van der Waals surface area contributed by atoms with E-state index in [0.717, 1.165) is 10.8 Å². The van der Waals surface area contributed by atoms with Crippen LogP contribution in [0.5, 0.6) is 0 Å². The zero-order chi connectivity index (χ0) is 12.4. The van der Waals surface area contributed by atoms with Gasteiger partial charge in [-0.25, -0.2) is 4.39 Å². The zero-order valence-electron chi connectivity index (χ0n) is 9.88. The first-order valence-electron chi connectivity index (χ1n) is 5.97. The van der Waals surface area contributed by atoms with Gasteiger partial charge in [0.05, 0.1) is 4.47 Å². The molecular formula is C13H17BrFNS. The second-order valence-corrected chi connectivity index (χ2v) is 7.01. The van der Waals surface area contributed by atoms with Gasteiger partial charge in [-0.15, -0.1) is 11.8 Å². The van der Waals surface area contributed by atoms with Gasteiger partial charge in [0.2, 0.25) is 0 Å². The molecule has 1 saturated carbocycles. The summed E-state index contributed by atoms with van der Waals surface area (Å²) >= 11 is 5.01. The third kappa shape index (κ3) is 3.38. The summed E-state index contributed by atoms with van der Waals surface area (Å²) in [6.07, 6.45) is 5.10. The van der Waals surface area contributed by atoms with Crippen LogP contribution in [0.25, 0.3) is 0 Å². The number of nitrogens with two attached hydrogens (primary N) is 1. The Kier molecular flexibility index (Phi) is 4.36. The second-order valence-electron chi connectivity index (χ2n) is 4.82. The molecule has 0 radical (unpaired) electrons. The number of thioether (sulfide) groups is 1. The van der Waals surface area contributed by atoms with E-state index in [1.165, 1.54) is 31.7 Å². The van der Waals surface area contributed by atoms with E-state index in [2.05, 4.69) is 22.9 Å². The molecule has 0 heterocycles. The summed E-state index contributed by atoms with van der Waals surface area (Å²) in [5.74, 6) is 0.509. The molecule has 1 aromatic carbocycles. The van der Waals surface area contributed by atoms with Gasteiger partial charge in [0, 0.05) is 15.8 Å². The second kappa shape index (κ2) is 5.61. The summed E-state index contributed by atoms with van der Waals surface area (Å²) in [4.78, 5) is 0.998. The summed E-state index contributed by atoms with van der Waals surface area (Å²) in [6, 6.07) is 3.20. The number of benzene rings is 1. The molecule has 2 unspecified atom stereocenters. The standard InChI is InChI=1S/C13H17BrFNS/c1-8-3-2-4-9(5-8)17-13-6-10(14)11(15)7-12(13)16/h6-9H,2-5,16H2,1H3. The lowest BCUT2D eigenvalue weighted by molar-refractivity contribution is 0.394. The summed E-state index contributed by atoms with van der Waals surface area (Å²) in [7, 11) is 0. The molecular weight excluding hydrogens is 301 g/mol. The maximum atomic E-state index is 13.3. The summed E-state index contributed by atoms with van der Waals surface area (Å²) < 4.78 is 13.8. The van der Waals surface area contributed by atoms with Gasteiger partial charge in [-0.1, -0.05) is 19.8 Å². The third-order valence-corrected chi connectivity index (χ3v) is 5.21. The minimum atomic E-state index is -0.288. The minimum Gasteiger partial charge on any atom is -0.398 e. The van der Waals surface area contributed by atoms with Crippen molar-refractivity contribution in [1.29, 1.82) is 0 Å². The number of nitrogen functional groups attached to an aromatic ring is 1. The highest BCUT2D eigenvalue weighted by Crippen LogP contribution is 2.39. The van der Waals surface area contributed by atoms with Gasteiger partial charge in [0.1, 0.15) is 5.82 Å². The molecule has 2 N–H and O–H groups in total. The predicted molar refractivity (Wildman–Crippen MR) is 75.8 cm³/mol. The zero-order valence-corrected chi connectivity index (χ0v) is 12.3. The highest BCUT2D eigenvalue weighted by atomic mass is 79.9. The SMILES string of the molecule is CC1CCCC(Sc2cc(Br)c(F)cc2N)C1. The fourth-order valence-corrected chi connectivity index (χ4v) is 4.26. The molecule has 1 nitrogen and oxygen atoms in total. The van der Waals surface area contributed by atoms with E-state index in [9.17, 15) is 4.39 Å². The van der Waals surface area contributed by atoms with Crippen molar-refractivity contribution >= 4 is 33.4 Å². The fourth-order valence-electron chi connectivity index (χ4n) is 2.31. The maximum absolute atomic E-state index is 13.3. The van der Waals surface area contributed by atoms with E-state index in [1.54, 1.807) is 17.8 Å². The van der Waals surface area contributed by atoms with Crippen molar-refractivity contribution in [3.63, 3.8) is 0 Å². The highest BCUT2D eigenvalue weighted by molar-refractivity contribution is 9.10. The van der Waals surface area contributed by atoms with Crippen molar-refractivity contribution in [2.45, 2.75) is 42.8 Å². The first-order chi connectivity index (χ1) is 8.06. The van der Waals surface area contributed by atoms with E-state index in [0.29, 0.717) is 15.4 Å². The van der Waals surface area contributed by atoms with Gasteiger partial charge in [-0.3, -0.25) is 0 Å². The molecule has 1 aliphatic carbocycles. The van der Waals surface area contributed by atoms with Crippen molar-refractivity contribution in [2.75, 3.05) is 5.73 Å². The van der Waals surface area contributed by atoms with E-state index in [1.807, 2.05) is 0 Å². The van der Waals surface area contributed by atoms with Crippen LogP contribution in [0.15, 0.2) is 21.5 Å². The van der Waals surface area contributed by atoms with Crippen molar-refractivity contribution in [3.05, 3.63) is 22.4 Å². The minimum absolute atomic E-state index is 0.288. The van der Waals surface area contributed by atoms with E-state index in [4.69, 9.17) is 5.73 Å². The normalized spacial score (nSPS) is 24.9. The van der Waals surface area contributed by atoms with E-state index >= 15 is 0 Å². The molecule has 94 valence electrons. The molecule has 17 heavy (non-hydrogen) atoms. The van der Waals surface area contributed by atoms with Gasteiger partial charge in [0.15, 0.2) is 0 Å². The van der Waals surface area contributed by atoms with Crippen LogP contribution in [0, 0.1) is 11.7 Å². The summed E-state index contributed by atoms with van der Waals surface area (Å²) in [5.41, 5.74) is 6.41. The highest BCUT2D eigenvalue weighted by Gasteiger charge is 2.21. The molecule has 0 saturated heterocycles. The van der Waals surface area contributed by atoms with Crippen LogP contribution in [-0.2, 0) is 0 Å². The lowest BCUT2D eigenvalue weighted by Gasteiger charge is -2.26. The van der Waals surface area contributed by atoms with Gasteiger partial charge in [-0.2, -0.15) is 0 Å². The molecule has 0 amide bonds. The number of anilines is 1. The van der Waals surface area contributed by atoms with E-state index in [-0.39, 0.29) is 5.82 Å². The number of rotatable bonds is 2. The monoisotopic (exact) mass is 317 g/mol. The van der Waals surface area contributed by atoms with Crippen LogP contribution in [0.3, 0.4) is 0 Å². The number of halogens is 2. The van der Waals surface area contributed by atoms with Gasteiger partial charge in [-0.05, 0) is 46.8 Å². The average molecular weight is 318 g/mol. The largest absolute Gasteiger partial charge is 0.398 e. The molecule has 4 heteroatoms. The van der Waals surface area contributed by atoms with E-state index < -0.39 is 0 Å². The molecule has 1 fully saturated rings. The Morgan fingerprint density at radius 2 is 2.18 bits per heavy atom. The lowest BCUT2D eigenvalue weighted by atomic mass is 9.91. The van der Waals surface area contributed by atoms with Gasteiger partial charge < -0.3 is 5.73 Å². The van der Waals surface area contributed by atoms with Gasteiger partial charge in [0.25, 0.3) is 0 Å². The van der Waals surface area contributed by atoms with Crippen LogP contribution >= 0.6 is 27.7 Å². The molecule has 0 aromatic heterocycles. The first kappa shape index (κ1) is 13.2. The van der Waals surface area contributed by atoms with Crippen LogP contribution in [-0.4, -0.2) is 5.25 Å². The summed E-state index contributed by atoms with van der Waals surface area (Å²) in [5, 5.41) is 0.624. The molecule has 0 bridgehead atoms. The molecule has 0 aliphatic heterocycles. The Balaban J connectivity index is 2.10. The molecule has 2 atom stereocenters. The smallest absolute Gasteiger partial charge is 0.139 e. The van der Waals surface area contributed by atoms with Crippen LogP contribution < -0.4 is 5.73 Å². The molecule has 0 spiro atoms. The average Bonchev–Trinajstić information content (AvgIpc) is 2.26. The topological polar surface area (TPSA) is 26.0 Å². The maximum Gasteiger partial charge on any atom is 0.139 e. The van der Waals surface area contributed by atoms with Crippen molar-refractivity contribution in [1.82, 2.24) is 0 Å².